The number of guanidine groups is 1. The van der Waals surface area contributed by atoms with Crippen molar-refractivity contribution in [2.45, 2.75) is 45.3 Å². The molecule has 2 heterocycles. The maximum atomic E-state index is 5.81. The van der Waals surface area contributed by atoms with Crippen LogP contribution in [0.15, 0.2) is 29.3 Å². The molecule has 1 unspecified atom stereocenters. The zero-order valence-corrected chi connectivity index (χ0v) is 15.5. The molecule has 25 heavy (non-hydrogen) atoms. The number of aryl methyl sites for hydroxylation is 2. The van der Waals surface area contributed by atoms with Gasteiger partial charge in [-0.15, -0.1) is 0 Å². The number of hydrogen-bond acceptors (Lipinski definition) is 3. The maximum Gasteiger partial charge on any atom is 0.191 e. The number of hydrogen-bond donors (Lipinski definition) is 2. The first kappa shape index (κ1) is 17.7. The van der Waals surface area contributed by atoms with Crippen molar-refractivity contribution in [1.82, 2.24) is 20.2 Å². The van der Waals surface area contributed by atoms with Crippen LogP contribution in [0, 0.1) is 6.92 Å². The Morgan fingerprint density at radius 1 is 1.36 bits per heavy atom. The summed E-state index contributed by atoms with van der Waals surface area (Å²) in [7, 11) is 1.81. The van der Waals surface area contributed by atoms with Gasteiger partial charge in [0.2, 0.25) is 0 Å². The van der Waals surface area contributed by atoms with Crippen LogP contribution in [0.2, 0.25) is 0 Å². The van der Waals surface area contributed by atoms with Gasteiger partial charge in [-0.1, -0.05) is 12.1 Å². The van der Waals surface area contributed by atoms with Gasteiger partial charge in [-0.25, -0.2) is 4.98 Å². The van der Waals surface area contributed by atoms with Gasteiger partial charge < -0.3 is 19.9 Å². The Morgan fingerprint density at radius 3 is 2.96 bits per heavy atom. The van der Waals surface area contributed by atoms with Gasteiger partial charge in [-0.05, 0) is 45.2 Å². The van der Waals surface area contributed by atoms with Crippen molar-refractivity contribution in [2.75, 3.05) is 26.7 Å². The van der Waals surface area contributed by atoms with E-state index in [0.717, 1.165) is 62.8 Å². The standard InChI is InChI=1S/C19H29N5O/c1-15-23-16-8-4-5-9-17(16)24(15)12-7-11-21-18(20-3)22-14-19(2)10-6-13-25-19/h4-5,8-9H,6-7,10-14H2,1-3H3,(H2,20,21,22). The number of nitrogens with one attached hydrogen (secondary N) is 2. The zero-order valence-electron chi connectivity index (χ0n) is 15.5. The topological polar surface area (TPSA) is 63.5 Å². The van der Waals surface area contributed by atoms with E-state index >= 15 is 0 Å². The monoisotopic (exact) mass is 343 g/mol. The summed E-state index contributed by atoms with van der Waals surface area (Å²) in [4.78, 5) is 8.92. The molecule has 6 nitrogen and oxygen atoms in total. The molecule has 1 fully saturated rings. The van der Waals surface area contributed by atoms with Crippen LogP contribution < -0.4 is 10.6 Å². The highest BCUT2D eigenvalue weighted by Crippen LogP contribution is 2.23. The Labute approximate surface area is 149 Å². The average molecular weight is 343 g/mol. The van der Waals surface area contributed by atoms with E-state index in [0.29, 0.717) is 0 Å². The third kappa shape index (κ3) is 4.31. The van der Waals surface area contributed by atoms with Crippen LogP contribution in [-0.2, 0) is 11.3 Å². The zero-order chi connectivity index (χ0) is 17.7. The number of fused-ring (bicyclic) bond motifs is 1. The molecule has 1 aromatic heterocycles. The lowest BCUT2D eigenvalue weighted by molar-refractivity contribution is 0.0243. The van der Waals surface area contributed by atoms with Crippen LogP contribution >= 0.6 is 0 Å². The third-order valence-electron chi connectivity index (χ3n) is 4.85. The van der Waals surface area contributed by atoms with Crippen LogP contribution in [0.1, 0.15) is 32.0 Å². The minimum atomic E-state index is -0.0650. The summed E-state index contributed by atoms with van der Waals surface area (Å²) in [5.41, 5.74) is 2.20. The number of benzene rings is 1. The highest BCUT2D eigenvalue weighted by atomic mass is 16.5. The van der Waals surface area contributed by atoms with E-state index in [4.69, 9.17) is 4.74 Å². The molecule has 0 aliphatic carbocycles. The molecule has 136 valence electrons. The molecule has 0 spiro atoms. The van der Waals surface area contributed by atoms with Gasteiger partial charge in [0.05, 0.1) is 16.6 Å². The molecule has 1 aliphatic rings. The first-order valence-corrected chi connectivity index (χ1v) is 9.12. The van der Waals surface area contributed by atoms with Crippen LogP contribution in [0.25, 0.3) is 11.0 Å². The van der Waals surface area contributed by atoms with Gasteiger partial charge in [0, 0.05) is 33.3 Å². The Kier molecular flexibility index (Phi) is 5.58. The number of aliphatic imine (C=N–C) groups is 1. The molecule has 1 saturated heterocycles. The molecule has 0 radical (unpaired) electrons. The summed E-state index contributed by atoms with van der Waals surface area (Å²) in [6, 6.07) is 8.29. The Bertz CT molecular complexity index is 730. The van der Waals surface area contributed by atoms with E-state index in [1.165, 1.54) is 5.52 Å². The van der Waals surface area contributed by atoms with E-state index in [1.54, 1.807) is 7.05 Å². The van der Waals surface area contributed by atoms with E-state index < -0.39 is 0 Å². The van der Waals surface area contributed by atoms with E-state index in [1.807, 2.05) is 6.07 Å². The molecule has 1 aromatic carbocycles. The number of para-hydroxylation sites is 2. The van der Waals surface area contributed by atoms with Gasteiger partial charge in [-0.2, -0.15) is 0 Å². The molecule has 2 N–H and O–H groups in total. The lowest BCUT2D eigenvalue weighted by Gasteiger charge is -2.24. The predicted octanol–water partition coefficient (Wildman–Crippen LogP) is 2.47. The molecule has 1 aliphatic heterocycles. The second-order valence-corrected chi connectivity index (χ2v) is 6.91. The SMILES string of the molecule is CN=C(NCCCn1c(C)nc2ccccc21)NCC1(C)CCCO1. The Hall–Kier alpha value is -2.08. The summed E-state index contributed by atoms with van der Waals surface area (Å²) in [5.74, 6) is 1.90. The molecular formula is C19H29N5O. The molecule has 2 aromatic rings. The normalized spacial score (nSPS) is 21.0. The number of rotatable bonds is 6. The smallest absolute Gasteiger partial charge is 0.191 e. The number of aromatic nitrogens is 2. The van der Waals surface area contributed by atoms with Crippen LogP contribution in [0.4, 0.5) is 0 Å². The third-order valence-corrected chi connectivity index (χ3v) is 4.85. The van der Waals surface area contributed by atoms with Gasteiger partial charge >= 0.3 is 0 Å². The van der Waals surface area contributed by atoms with Gasteiger partial charge in [-0.3, -0.25) is 4.99 Å². The molecule has 3 rings (SSSR count). The van der Waals surface area contributed by atoms with Crippen molar-refractivity contribution in [1.29, 1.82) is 0 Å². The summed E-state index contributed by atoms with van der Waals surface area (Å²) in [5, 5.41) is 6.77. The maximum absolute atomic E-state index is 5.81. The van der Waals surface area contributed by atoms with Crippen molar-refractivity contribution in [2.24, 2.45) is 4.99 Å². The minimum Gasteiger partial charge on any atom is -0.373 e. The van der Waals surface area contributed by atoms with Crippen LogP contribution in [-0.4, -0.2) is 47.9 Å². The van der Waals surface area contributed by atoms with Crippen LogP contribution in [0.3, 0.4) is 0 Å². The first-order valence-electron chi connectivity index (χ1n) is 9.12. The highest BCUT2D eigenvalue weighted by molar-refractivity contribution is 5.79. The number of imidazole rings is 1. The van der Waals surface area contributed by atoms with Crippen molar-refractivity contribution < 1.29 is 4.74 Å². The van der Waals surface area contributed by atoms with Crippen molar-refractivity contribution in [3.8, 4) is 0 Å². The van der Waals surface area contributed by atoms with E-state index in [2.05, 4.69) is 57.2 Å². The highest BCUT2D eigenvalue weighted by Gasteiger charge is 2.29. The van der Waals surface area contributed by atoms with Crippen LogP contribution in [0.5, 0.6) is 0 Å². The van der Waals surface area contributed by atoms with Crippen molar-refractivity contribution in [3.63, 3.8) is 0 Å². The molecule has 6 heteroatoms. The minimum absolute atomic E-state index is 0.0650. The summed E-state index contributed by atoms with van der Waals surface area (Å²) >= 11 is 0. The van der Waals surface area contributed by atoms with E-state index in [9.17, 15) is 0 Å². The second-order valence-electron chi connectivity index (χ2n) is 6.91. The quantitative estimate of drug-likeness (QED) is 0.480. The molecule has 1 atom stereocenters. The fourth-order valence-electron chi connectivity index (χ4n) is 3.39. The molecule has 0 saturated carbocycles. The number of ether oxygens (including phenoxy) is 1. The number of nitrogens with zero attached hydrogens (tertiary/aromatic N) is 3. The summed E-state index contributed by atoms with van der Waals surface area (Å²) in [6.45, 7) is 7.68. The van der Waals surface area contributed by atoms with Gasteiger partial charge in [0.1, 0.15) is 5.82 Å². The Balaban J connectivity index is 1.46. The largest absolute Gasteiger partial charge is 0.373 e. The van der Waals surface area contributed by atoms with Crippen molar-refractivity contribution >= 4 is 17.0 Å². The fraction of sp³-hybridized carbons (Fsp3) is 0.579. The summed E-state index contributed by atoms with van der Waals surface area (Å²) < 4.78 is 8.09. The molecular weight excluding hydrogens is 314 g/mol. The first-order chi connectivity index (χ1) is 12.1. The van der Waals surface area contributed by atoms with Crippen molar-refractivity contribution in [3.05, 3.63) is 30.1 Å². The van der Waals surface area contributed by atoms with E-state index in [-0.39, 0.29) is 5.60 Å². The lowest BCUT2D eigenvalue weighted by Crippen LogP contribution is -2.45. The molecule has 0 bridgehead atoms. The Morgan fingerprint density at radius 2 is 2.20 bits per heavy atom. The molecule has 0 amide bonds. The average Bonchev–Trinajstić information content (AvgIpc) is 3.18. The predicted molar refractivity (Wildman–Crippen MR) is 102 cm³/mol. The van der Waals surface area contributed by atoms with Gasteiger partial charge in [0.25, 0.3) is 0 Å². The van der Waals surface area contributed by atoms with Gasteiger partial charge in [0.15, 0.2) is 5.96 Å². The lowest BCUT2D eigenvalue weighted by atomic mass is 10.0. The summed E-state index contributed by atoms with van der Waals surface area (Å²) in [6.07, 6.45) is 3.25. The second kappa shape index (κ2) is 7.87. The fourth-order valence-corrected chi connectivity index (χ4v) is 3.39.